The number of aromatic nitrogens is 1. The molecule has 0 aliphatic heterocycles. The van der Waals surface area contributed by atoms with Crippen LogP contribution in [-0.4, -0.2) is 4.98 Å². The third kappa shape index (κ3) is 3.10. The Hall–Kier alpha value is -1.35. The van der Waals surface area contributed by atoms with Crippen molar-refractivity contribution in [3.63, 3.8) is 0 Å². The lowest BCUT2D eigenvalue weighted by atomic mass is 9.98. The highest BCUT2D eigenvalue weighted by atomic mass is 79.9. The largest absolute Gasteiger partial charge is 0.439 e. The van der Waals surface area contributed by atoms with Gasteiger partial charge in [-0.2, -0.15) is 0 Å². The van der Waals surface area contributed by atoms with Gasteiger partial charge in [0.05, 0.1) is 0 Å². The molecule has 0 fully saturated rings. The van der Waals surface area contributed by atoms with Gasteiger partial charge >= 0.3 is 0 Å². The minimum atomic E-state index is 0.531. The maximum absolute atomic E-state index is 5.73. The Morgan fingerprint density at radius 1 is 1.17 bits per heavy atom. The third-order valence-corrected chi connectivity index (χ3v) is 3.22. The zero-order chi connectivity index (χ0) is 13.1. The van der Waals surface area contributed by atoms with Crippen molar-refractivity contribution >= 4 is 15.9 Å². The van der Waals surface area contributed by atoms with Crippen LogP contribution in [0.5, 0.6) is 11.6 Å². The number of ether oxygens (including phenoxy) is 1. The smallest absolute Gasteiger partial charge is 0.220 e. The van der Waals surface area contributed by atoms with Gasteiger partial charge in [-0.25, -0.2) is 4.98 Å². The maximum Gasteiger partial charge on any atom is 0.220 e. The first kappa shape index (κ1) is 13.1. The lowest BCUT2D eigenvalue weighted by molar-refractivity contribution is 0.461. The minimum absolute atomic E-state index is 0.531. The molecule has 2 rings (SSSR count). The highest BCUT2D eigenvalue weighted by Crippen LogP contribution is 2.26. The van der Waals surface area contributed by atoms with Crippen LogP contribution < -0.4 is 4.74 Å². The Bertz CT molecular complexity index is 552. The van der Waals surface area contributed by atoms with Gasteiger partial charge in [0.2, 0.25) is 5.88 Å². The zero-order valence-electron chi connectivity index (χ0n) is 10.8. The summed E-state index contributed by atoms with van der Waals surface area (Å²) in [6, 6.07) is 11.8. The molecule has 1 heterocycles. The molecular formula is C15H16BrNO. The van der Waals surface area contributed by atoms with Crippen molar-refractivity contribution in [1.82, 2.24) is 4.98 Å². The summed E-state index contributed by atoms with van der Waals surface area (Å²) in [5.41, 5.74) is 2.60. The summed E-state index contributed by atoms with van der Waals surface area (Å²) in [5.74, 6) is 1.95. The van der Waals surface area contributed by atoms with Gasteiger partial charge in [0, 0.05) is 6.07 Å². The van der Waals surface area contributed by atoms with Crippen molar-refractivity contribution in [2.24, 2.45) is 0 Å². The van der Waals surface area contributed by atoms with E-state index >= 15 is 0 Å². The molecule has 0 bridgehead atoms. The Balaban J connectivity index is 2.23. The number of hydrogen-bond donors (Lipinski definition) is 0. The Kier molecular flexibility index (Phi) is 4.02. The molecule has 0 saturated heterocycles. The Labute approximate surface area is 116 Å². The second-order valence-corrected chi connectivity index (χ2v) is 5.39. The molecule has 18 heavy (non-hydrogen) atoms. The first-order valence-electron chi connectivity index (χ1n) is 5.97. The molecule has 0 saturated carbocycles. The van der Waals surface area contributed by atoms with Crippen LogP contribution in [0.2, 0.25) is 0 Å². The highest BCUT2D eigenvalue weighted by Gasteiger charge is 2.06. The molecule has 0 N–H and O–H groups in total. The van der Waals surface area contributed by atoms with Crippen molar-refractivity contribution in [3.8, 4) is 11.6 Å². The number of aryl methyl sites for hydroxylation is 1. The molecule has 1 aromatic heterocycles. The van der Waals surface area contributed by atoms with E-state index in [1.54, 1.807) is 0 Å². The van der Waals surface area contributed by atoms with Crippen molar-refractivity contribution in [1.29, 1.82) is 0 Å². The van der Waals surface area contributed by atoms with E-state index in [2.05, 4.69) is 53.8 Å². The monoisotopic (exact) mass is 305 g/mol. The average Bonchev–Trinajstić information content (AvgIpc) is 2.28. The van der Waals surface area contributed by atoms with E-state index in [-0.39, 0.29) is 0 Å². The predicted molar refractivity (Wildman–Crippen MR) is 77.3 cm³/mol. The Morgan fingerprint density at radius 3 is 2.56 bits per heavy atom. The number of halogens is 1. The summed E-state index contributed by atoms with van der Waals surface area (Å²) in [6.07, 6.45) is 0. The lowest BCUT2D eigenvalue weighted by Gasteiger charge is -2.11. The summed E-state index contributed by atoms with van der Waals surface area (Å²) in [5, 5.41) is 0. The van der Waals surface area contributed by atoms with Gasteiger partial charge in [-0.15, -0.1) is 0 Å². The van der Waals surface area contributed by atoms with Crippen molar-refractivity contribution in [2.45, 2.75) is 26.7 Å². The van der Waals surface area contributed by atoms with Crippen molar-refractivity contribution in [2.75, 3.05) is 0 Å². The van der Waals surface area contributed by atoms with Crippen molar-refractivity contribution in [3.05, 3.63) is 52.1 Å². The van der Waals surface area contributed by atoms with Crippen LogP contribution in [0, 0.1) is 6.92 Å². The fraction of sp³-hybridized carbons (Fsp3) is 0.267. The molecule has 2 aromatic rings. The normalized spacial score (nSPS) is 10.7. The van der Waals surface area contributed by atoms with Gasteiger partial charge in [0.15, 0.2) is 0 Å². The fourth-order valence-corrected chi connectivity index (χ4v) is 2.25. The molecule has 0 aliphatic rings. The van der Waals surface area contributed by atoms with E-state index < -0.39 is 0 Å². The number of pyridine rings is 1. The maximum atomic E-state index is 5.73. The van der Waals surface area contributed by atoms with Crippen LogP contribution in [0.3, 0.4) is 0 Å². The van der Waals surface area contributed by atoms with E-state index in [4.69, 9.17) is 4.74 Å². The summed E-state index contributed by atoms with van der Waals surface area (Å²) >= 11 is 3.33. The molecule has 0 amide bonds. The quantitative estimate of drug-likeness (QED) is 0.739. The second kappa shape index (κ2) is 5.53. The summed E-state index contributed by atoms with van der Waals surface area (Å²) in [4.78, 5) is 4.25. The standard InChI is InChI=1S/C15H16BrNO/c1-10(2)13-8-7-12(9-11(13)3)18-15-6-4-5-14(16)17-15/h4-10H,1-3H3. The van der Waals surface area contributed by atoms with Crippen LogP contribution in [0.25, 0.3) is 0 Å². The molecule has 2 nitrogen and oxygen atoms in total. The number of nitrogens with zero attached hydrogens (tertiary/aromatic N) is 1. The first-order valence-corrected chi connectivity index (χ1v) is 6.76. The predicted octanol–water partition coefficient (Wildman–Crippen LogP) is 5.07. The van der Waals surface area contributed by atoms with Crippen LogP contribution in [0.4, 0.5) is 0 Å². The van der Waals surface area contributed by atoms with Gasteiger partial charge in [-0.05, 0) is 58.1 Å². The molecule has 0 unspecified atom stereocenters. The van der Waals surface area contributed by atoms with Crippen LogP contribution in [0.15, 0.2) is 41.0 Å². The van der Waals surface area contributed by atoms with E-state index in [1.165, 1.54) is 11.1 Å². The van der Waals surface area contributed by atoms with E-state index in [0.29, 0.717) is 11.8 Å². The number of benzene rings is 1. The average molecular weight is 306 g/mol. The SMILES string of the molecule is Cc1cc(Oc2cccc(Br)n2)ccc1C(C)C. The lowest BCUT2D eigenvalue weighted by Crippen LogP contribution is -1.93. The molecule has 3 heteroatoms. The second-order valence-electron chi connectivity index (χ2n) is 4.57. The molecule has 0 aliphatic carbocycles. The molecule has 94 valence electrons. The van der Waals surface area contributed by atoms with Gasteiger partial charge in [-0.3, -0.25) is 0 Å². The molecular weight excluding hydrogens is 290 g/mol. The topological polar surface area (TPSA) is 22.1 Å². The fourth-order valence-electron chi connectivity index (χ4n) is 1.93. The van der Waals surface area contributed by atoms with Gasteiger partial charge in [0.1, 0.15) is 10.4 Å². The number of hydrogen-bond acceptors (Lipinski definition) is 2. The molecule has 0 atom stereocenters. The number of rotatable bonds is 3. The molecule has 0 radical (unpaired) electrons. The summed E-state index contributed by atoms with van der Waals surface area (Å²) in [7, 11) is 0. The van der Waals surface area contributed by atoms with E-state index in [9.17, 15) is 0 Å². The summed E-state index contributed by atoms with van der Waals surface area (Å²) < 4.78 is 6.51. The molecule has 0 spiro atoms. The van der Waals surface area contributed by atoms with Gasteiger partial charge in [-0.1, -0.05) is 26.0 Å². The zero-order valence-corrected chi connectivity index (χ0v) is 12.4. The van der Waals surface area contributed by atoms with Gasteiger partial charge < -0.3 is 4.74 Å². The van der Waals surface area contributed by atoms with Crippen molar-refractivity contribution < 1.29 is 4.74 Å². The summed E-state index contributed by atoms with van der Waals surface area (Å²) in [6.45, 7) is 6.49. The van der Waals surface area contributed by atoms with Crippen LogP contribution >= 0.6 is 15.9 Å². The van der Waals surface area contributed by atoms with Crippen LogP contribution in [-0.2, 0) is 0 Å². The van der Waals surface area contributed by atoms with E-state index in [0.717, 1.165) is 10.4 Å². The third-order valence-electron chi connectivity index (χ3n) is 2.78. The molecule has 1 aromatic carbocycles. The van der Waals surface area contributed by atoms with E-state index in [1.807, 2.05) is 24.3 Å². The highest BCUT2D eigenvalue weighted by molar-refractivity contribution is 9.10. The Morgan fingerprint density at radius 2 is 1.94 bits per heavy atom. The first-order chi connectivity index (χ1) is 8.56. The van der Waals surface area contributed by atoms with Gasteiger partial charge in [0.25, 0.3) is 0 Å². The minimum Gasteiger partial charge on any atom is -0.439 e. The van der Waals surface area contributed by atoms with Crippen LogP contribution in [0.1, 0.15) is 30.9 Å².